The number of aryl methyl sites for hydroxylation is 1. The molecule has 0 atom stereocenters. The Morgan fingerprint density at radius 1 is 1.40 bits per heavy atom. The Hall–Kier alpha value is -2.04. The fourth-order valence-corrected chi connectivity index (χ4v) is 1.98. The molecule has 0 aliphatic heterocycles. The molecule has 0 saturated heterocycles. The molecule has 0 spiro atoms. The first-order valence-electron chi connectivity index (χ1n) is 6.76. The predicted molar refractivity (Wildman–Crippen MR) is 78.2 cm³/mol. The highest BCUT2D eigenvalue weighted by Gasteiger charge is 2.10. The van der Waals surface area contributed by atoms with Crippen LogP contribution in [0.2, 0.25) is 0 Å². The SMILES string of the molecule is CCOc1ccc(Nc2nc(C)cn2C(C)C)cc1F. The third kappa shape index (κ3) is 3.10. The molecule has 1 N–H and O–H groups in total. The number of aromatic nitrogens is 2. The number of nitrogens with zero attached hydrogens (tertiary/aromatic N) is 2. The third-order valence-corrected chi connectivity index (χ3v) is 2.90. The van der Waals surface area contributed by atoms with E-state index >= 15 is 0 Å². The molecular formula is C15H20FN3O. The van der Waals surface area contributed by atoms with Gasteiger partial charge < -0.3 is 14.6 Å². The van der Waals surface area contributed by atoms with Crippen molar-refractivity contribution in [2.45, 2.75) is 33.7 Å². The van der Waals surface area contributed by atoms with Gasteiger partial charge in [0.2, 0.25) is 5.95 Å². The highest BCUT2D eigenvalue weighted by atomic mass is 19.1. The number of halogens is 1. The fourth-order valence-electron chi connectivity index (χ4n) is 1.98. The van der Waals surface area contributed by atoms with Crippen LogP contribution in [0.5, 0.6) is 5.75 Å². The molecule has 4 nitrogen and oxygen atoms in total. The fraction of sp³-hybridized carbons (Fsp3) is 0.400. The Balaban J connectivity index is 2.24. The van der Waals surface area contributed by atoms with E-state index in [0.717, 1.165) is 5.69 Å². The molecule has 0 aliphatic rings. The molecule has 108 valence electrons. The van der Waals surface area contributed by atoms with Crippen LogP contribution in [-0.2, 0) is 0 Å². The standard InChI is InChI=1S/C15H20FN3O/c1-5-20-14-7-6-12(8-13(14)16)18-15-17-11(4)9-19(15)10(2)3/h6-10H,5H2,1-4H3,(H,17,18). The lowest BCUT2D eigenvalue weighted by atomic mass is 10.3. The maximum atomic E-state index is 13.8. The second kappa shape index (κ2) is 5.94. The van der Waals surface area contributed by atoms with Crippen molar-refractivity contribution in [1.82, 2.24) is 9.55 Å². The highest BCUT2D eigenvalue weighted by Crippen LogP contribution is 2.25. The summed E-state index contributed by atoms with van der Waals surface area (Å²) in [7, 11) is 0. The van der Waals surface area contributed by atoms with Crippen molar-refractivity contribution in [3.8, 4) is 5.75 Å². The monoisotopic (exact) mass is 277 g/mol. The Labute approximate surface area is 118 Å². The summed E-state index contributed by atoms with van der Waals surface area (Å²) >= 11 is 0. The second-order valence-corrected chi connectivity index (χ2v) is 4.91. The molecule has 1 heterocycles. The molecule has 20 heavy (non-hydrogen) atoms. The number of hydrogen-bond acceptors (Lipinski definition) is 3. The van der Waals surface area contributed by atoms with E-state index in [4.69, 9.17) is 4.74 Å². The zero-order chi connectivity index (χ0) is 14.7. The van der Waals surface area contributed by atoms with Gasteiger partial charge in [0.1, 0.15) is 0 Å². The summed E-state index contributed by atoms with van der Waals surface area (Å²) in [6.07, 6.45) is 1.97. The van der Waals surface area contributed by atoms with Gasteiger partial charge in [-0.1, -0.05) is 0 Å². The van der Waals surface area contributed by atoms with Crippen LogP contribution < -0.4 is 10.1 Å². The van der Waals surface area contributed by atoms with E-state index < -0.39 is 0 Å². The molecular weight excluding hydrogens is 257 g/mol. The van der Waals surface area contributed by atoms with Crippen LogP contribution in [0.1, 0.15) is 32.5 Å². The minimum atomic E-state index is -0.378. The number of imidazole rings is 1. The highest BCUT2D eigenvalue weighted by molar-refractivity contribution is 5.55. The van der Waals surface area contributed by atoms with Crippen molar-refractivity contribution >= 4 is 11.6 Å². The first-order valence-corrected chi connectivity index (χ1v) is 6.76. The molecule has 0 saturated carbocycles. The molecule has 0 radical (unpaired) electrons. The first kappa shape index (κ1) is 14.4. The van der Waals surface area contributed by atoms with Gasteiger partial charge in [-0.25, -0.2) is 9.37 Å². The Morgan fingerprint density at radius 3 is 2.75 bits per heavy atom. The molecule has 0 fully saturated rings. The quantitative estimate of drug-likeness (QED) is 0.896. The molecule has 0 bridgehead atoms. The van der Waals surface area contributed by atoms with E-state index in [1.807, 2.05) is 24.6 Å². The number of rotatable bonds is 5. The van der Waals surface area contributed by atoms with Gasteiger partial charge in [0.15, 0.2) is 11.6 Å². The lowest BCUT2D eigenvalue weighted by Crippen LogP contribution is -2.05. The van der Waals surface area contributed by atoms with E-state index in [0.29, 0.717) is 18.2 Å². The van der Waals surface area contributed by atoms with Gasteiger partial charge in [-0.15, -0.1) is 0 Å². The van der Waals surface area contributed by atoms with Gasteiger partial charge in [0.25, 0.3) is 0 Å². The van der Waals surface area contributed by atoms with Crippen molar-refractivity contribution < 1.29 is 9.13 Å². The Morgan fingerprint density at radius 2 is 2.15 bits per heavy atom. The second-order valence-electron chi connectivity index (χ2n) is 4.91. The van der Waals surface area contributed by atoms with E-state index in [9.17, 15) is 4.39 Å². The van der Waals surface area contributed by atoms with E-state index in [1.54, 1.807) is 12.1 Å². The van der Waals surface area contributed by atoms with Crippen LogP contribution in [0.3, 0.4) is 0 Å². The average molecular weight is 277 g/mol. The normalized spacial score (nSPS) is 10.9. The minimum absolute atomic E-state index is 0.265. The van der Waals surface area contributed by atoms with Gasteiger partial charge in [-0.3, -0.25) is 0 Å². The van der Waals surface area contributed by atoms with Gasteiger partial charge in [-0.2, -0.15) is 0 Å². The third-order valence-electron chi connectivity index (χ3n) is 2.90. The minimum Gasteiger partial charge on any atom is -0.491 e. The van der Waals surface area contributed by atoms with Crippen LogP contribution in [0.25, 0.3) is 0 Å². The van der Waals surface area contributed by atoms with E-state index in [-0.39, 0.29) is 17.6 Å². The maximum absolute atomic E-state index is 13.8. The topological polar surface area (TPSA) is 39.1 Å². The number of benzene rings is 1. The number of ether oxygens (including phenoxy) is 1. The zero-order valence-corrected chi connectivity index (χ0v) is 12.3. The summed E-state index contributed by atoms with van der Waals surface area (Å²) in [5.74, 6) is 0.596. The van der Waals surface area contributed by atoms with Crippen LogP contribution in [0, 0.1) is 12.7 Å². The summed E-state index contributed by atoms with van der Waals surface area (Å²) in [4.78, 5) is 4.41. The van der Waals surface area contributed by atoms with Crippen LogP contribution >= 0.6 is 0 Å². The summed E-state index contributed by atoms with van der Waals surface area (Å²) in [5, 5.41) is 3.14. The Bertz CT molecular complexity index is 593. The van der Waals surface area contributed by atoms with Crippen LogP contribution in [-0.4, -0.2) is 16.2 Å². The average Bonchev–Trinajstić information content (AvgIpc) is 2.74. The number of hydrogen-bond donors (Lipinski definition) is 1. The van der Waals surface area contributed by atoms with Gasteiger partial charge in [-0.05, 0) is 39.8 Å². The predicted octanol–water partition coefficient (Wildman–Crippen LogP) is 4.05. The summed E-state index contributed by atoms with van der Waals surface area (Å²) in [5.41, 5.74) is 1.58. The van der Waals surface area contributed by atoms with E-state index in [1.165, 1.54) is 6.07 Å². The van der Waals surface area contributed by atoms with Crippen LogP contribution in [0.15, 0.2) is 24.4 Å². The largest absolute Gasteiger partial charge is 0.491 e. The summed E-state index contributed by atoms with van der Waals surface area (Å²) in [6.45, 7) is 8.35. The smallest absolute Gasteiger partial charge is 0.207 e. The van der Waals surface area contributed by atoms with Crippen molar-refractivity contribution in [3.05, 3.63) is 35.9 Å². The molecule has 0 aliphatic carbocycles. The lowest BCUT2D eigenvalue weighted by molar-refractivity contribution is 0.321. The van der Waals surface area contributed by atoms with Crippen molar-refractivity contribution in [3.63, 3.8) is 0 Å². The lowest BCUT2D eigenvalue weighted by Gasteiger charge is -2.13. The molecule has 0 amide bonds. The number of anilines is 2. The van der Waals surface area contributed by atoms with Gasteiger partial charge in [0, 0.05) is 24.0 Å². The van der Waals surface area contributed by atoms with Crippen molar-refractivity contribution in [2.24, 2.45) is 0 Å². The molecule has 1 aromatic carbocycles. The molecule has 2 rings (SSSR count). The number of nitrogens with one attached hydrogen (secondary N) is 1. The van der Waals surface area contributed by atoms with Gasteiger partial charge >= 0.3 is 0 Å². The maximum Gasteiger partial charge on any atom is 0.207 e. The molecule has 2 aromatic rings. The Kier molecular flexibility index (Phi) is 4.27. The first-order chi connectivity index (χ1) is 9.51. The summed E-state index contributed by atoms with van der Waals surface area (Å²) in [6, 6.07) is 5.10. The van der Waals surface area contributed by atoms with Gasteiger partial charge in [0.05, 0.1) is 12.3 Å². The van der Waals surface area contributed by atoms with Crippen molar-refractivity contribution in [2.75, 3.05) is 11.9 Å². The van der Waals surface area contributed by atoms with Crippen LogP contribution in [0.4, 0.5) is 16.0 Å². The molecule has 0 unspecified atom stereocenters. The molecule has 1 aromatic heterocycles. The summed E-state index contributed by atoms with van der Waals surface area (Å²) < 4.78 is 21.0. The zero-order valence-electron chi connectivity index (χ0n) is 12.3. The van der Waals surface area contributed by atoms with E-state index in [2.05, 4.69) is 24.1 Å². The molecule has 5 heteroatoms. The van der Waals surface area contributed by atoms with Crippen molar-refractivity contribution in [1.29, 1.82) is 0 Å².